The third kappa shape index (κ3) is 4.36. The number of carbonyl (C=O) groups is 1. The van der Waals surface area contributed by atoms with Crippen LogP contribution in [0.1, 0.15) is 66.1 Å². The van der Waals surface area contributed by atoms with E-state index in [0.29, 0.717) is 12.6 Å². The monoisotopic (exact) mass is 414 g/mol. The fourth-order valence-electron chi connectivity index (χ4n) is 4.54. The van der Waals surface area contributed by atoms with Crippen LogP contribution in [0.15, 0.2) is 36.4 Å². The van der Waals surface area contributed by atoms with Gasteiger partial charge in [-0.3, -0.25) is 4.79 Å². The van der Waals surface area contributed by atoms with Crippen molar-refractivity contribution < 1.29 is 15.0 Å². The molecule has 0 spiro atoms. The van der Waals surface area contributed by atoms with E-state index in [0.717, 1.165) is 31.0 Å². The predicted molar refractivity (Wildman–Crippen MR) is 113 cm³/mol. The highest BCUT2D eigenvalue weighted by atomic mass is 35.5. The number of halogens is 1. The molecule has 1 amide bonds. The van der Waals surface area contributed by atoms with E-state index in [4.69, 9.17) is 11.6 Å². The minimum Gasteiger partial charge on any atom is -0.507 e. The van der Waals surface area contributed by atoms with Crippen LogP contribution in [0, 0.1) is 0 Å². The molecule has 6 heteroatoms. The number of phenolic OH excluding ortho intramolecular Hbond substituents is 2. The van der Waals surface area contributed by atoms with Crippen molar-refractivity contribution in [2.75, 3.05) is 6.54 Å². The number of rotatable bonds is 5. The first kappa shape index (κ1) is 20.0. The topological polar surface area (TPSA) is 72.8 Å². The first-order valence-corrected chi connectivity index (χ1v) is 10.8. The Labute approximate surface area is 176 Å². The summed E-state index contributed by atoms with van der Waals surface area (Å²) in [5.74, 6) is -0.750. The van der Waals surface area contributed by atoms with Gasteiger partial charge in [-0.05, 0) is 42.9 Å². The number of nitrogens with zero attached hydrogens (tertiary/aromatic N) is 1. The number of carbonyl (C=O) groups excluding carboxylic acids is 1. The predicted octanol–water partition coefficient (Wildman–Crippen LogP) is 4.76. The van der Waals surface area contributed by atoms with Crippen LogP contribution >= 0.6 is 11.6 Å². The summed E-state index contributed by atoms with van der Waals surface area (Å²) < 4.78 is 0. The number of hydrogen-bond donors (Lipinski definition) is 3. The Balaban J connectivity index is 1.51. The second-order valence-electron chi connectivity index (χ2n) is 8.08. The lowest BCUT2D eigenvalue weighted by Gasteiger charge is -2.26. The maximum atomic E-state index is 13.1. The number of phenols is 2. The Bertz CT molecular complexity index is 896. The van der Waals surface area contributed by atoms with Gasteiger partial charge in [-0.25, -0.2) is 0 Å². The van der Waals surface area contributed by atoms with Gasteiger partial charge in [0.15, 0.2) is 0 Å². The van der Waals surface area contributed by atoms with Crippen LogP contribution in [0.3, 0.4) is 0 Å². The number of likely N-dealkylation sites (tertiary alicyclic amines) is 1. The highest BCUT2D eigenvalue weighted by molar-refractivity contribution is 6.32. The van der Waals surface area contributed by atoms with E-state index in [1.165, 1.54) is 37.3 Å². The van der Waals surface area contributed by atoms with Crippen molar-refractivity contribution in [2.24, 2.45) is 0 Å². The van der Waals surface area contributed by atoms with Gasteiger partial charge in [0.25, 0.3) is 5.91 Å². The van der Waals surface area contributed by atoms with Crippen molar-refractivity contribution in [3.63, 3.8) is 0 Å². The van der Waals surface area contributed by atoms with E-state index >= 15 is 0 Å². The van der Waals surface area contributed by atoms with Crippen LogP contribution in [0.2, 0.25) is 5.02 Å². The fourth-order valence-corrected chi connectivity index (χ4v) is 4.70. The lowest BCUT2D eigenvalue weighted by atomic mass is 10.0. The van der Waals surface area contributed by atoms with Gasteiger partial charge >= 0.3 is 0 Å². The van der Waals surface area contributed by atoms with Crippen molar-refractivity contribution in [3.8, 4) is 11.5 Å². The van der Waals surface area contributed by atoms with Gasteiger partial charge in [0.05, 0.1) is 16.6 Å². The molecule has 4 rings (SSSR count). The zero-order valence-electron chi connectivity index (χ0n) is 16.4. The molecule has 29 heavy (non-hydrogen) atoms. The zero-order valence-corrected chi connectivity index (χ0v) is 17.2. The summed E-state index contributed by atoms with van der Waals surface area (Å²) in [7, 11) is 0. The summed E-state index contributed by atoms with van der Waals surface area (Å²) >= 11 is 5.96. The average Bonchev–Trinajstić information content (AvgIpc) is 3.41. The molecule has 1 unspecified atom stereocenters. The third-order valence-electron chi connectivity index (χ3n) is 6.10. The van der Waals surface area contributed by atoms with E-state index in [-0.39, 0.29) is 34.0 Å². The van der Waals surface area contributed by atoms with E-state index in [1.54, 1.807) is 4.90 Å². The van der Waals surface area contributed by atoms with Crippen LogP contribution in [-0.4, -0.2) is 33.6 Å². The number of benzene rings is 2. The highest BCUT2D eigenvalue weighted by Gasteiger charge is 2.32. The van der Waals surface area contributed by atoms with E-state index in [9.17, 15) is 15.0 Å². The molecule has 1 saturated heterocycles. The minimum absolute atomic E-state index is 0.0269. The fraction of sp³-hybridized carbons (Fsp3) is 0.435. The minimum atomic E-state index is -0.263. The summed E-state index contributed by atoms with van der Waals surface area (Å²) in [6, 6.07) is 11.5. The lowest BCUT2D eigenvalue weighted by molar-refractivity contribution is 0.0732. The van der Waals surface area contributed by atoms with Crippen molar-refractivity contribution >= 4 is 17.5 Å². The summed E-state index contributed by atoms with van der Waals surface area (Å²) in [6.07, 6.45) is 6.92. The van der Waals surface area contributed by atoms with Gasteiger partial charge in [0, 0.05) is 25.2 Å². The maximum absolute atomic E-state index is 13.1. The number of hydrogen-bond acceptors (Lipinski definition) is 4. The summed E-state index contributed by atoms with van der Waals surface area (Å²) in [6.45, 7) is 1.47. The Kier molecular flexibility index (Phi) is 5.97. The van der Waals surface area contributed by atoms with Gasteiger partial charge in [-0.2, -0.15) is 0 Å². The molecule has 0 aromatic heterocycles. The average molecular weight is 415 g/mol. The molecule has 1 aliphatic heterocycles. The molecule has 2 fully saturated rings. The van der Waals surface area contributed by atoms with Crippen LogP contribution in [0.25, 0.3) is 0 Å². The SMILES string of the molecule is O=C(c1cc(Cl)c(O)cc1O)N1CCCC1c1cccc(CNC2CCCC2)c1. The van der Waals surface area contributed by atoms with Crippen LogP contribution < -0.4 is 5.32 Å². The van der Waals surface area contributed by atoms with E-state index < -0.39 is 0 Å². The highest BCUT2D eigenvalue weighted by Crippen LogP contribution is 2.37. The number of nitrogens with one attached hydrogen (secondary N) is 1. The molecular formula is C23H27ClN2O3. The van der Waals surface area contributed by atoms with Crippen LogP contribution in [0.5, 0.6) is 11.5 Å². The molecule has 2 aromatic carbocycles. The lowest BCUT2D eigenvalue weighted by Crippen LogP contribution is -2.30. The first-order chi connectivity index (χ1) is 14.0. The molecule has 1 atom stereocenters. The largest absolute Gasteiger partial charge is 0.507 e. The molecule has 5 nitrogen and oxygen atoms in total. The molecule has 2 aromatic rings. The van der Waals surface area contributed by atoms with Gasteiger partial charge in [-0.1, -0.05) is 48.7 Å². The normalized spacial score (nSPS) is 19.8. The number of amides is 1. The first-order valence-electron chi connectivity index (χ1n) is 10.4. The van der Waals surface area contributed by atoms with Crippen LogP contribution in [0.4, 0.5) is 0 Å². The van der Waals surface area contributed by atoms with Gasteiger partial charge in [0.1, 0.15) is 11.5 Å². The van der Waals surface area contributed by atoms with Gasteiger partial charge < -0.3 is 20.4 Å². The standard InChI is InChI=1S/C23H27ClN2O3/c24-19-12-18(21(27)13-22(19)28)23(29)26-10-4-9-20(26)16-6-3-5-15(11-16)14-25-17-7-1-2-8-17/h3,5-6,11-13,17,20,25,27-28H,1-2,4,7-10,14H2. The molecular weight excluding hydrogens is 388 g/mol. The smallest absolute Gasteiger partial charge is 0.258 e. The second-order valence-corrected chi connectivity index (χ2v) is 8.49. The third-order valence-corrected chi connectivity index (χ3v) is 6.40. The molecule has 154 valence electrons. The van der Waals surface area contributed by atoms with Crippen molar-refractivity contribution in [2.45, 2.75) is 57.2 Å². The van der Waals surface area contributed by atoms with Gasteiger partial charge in [0.2, 0.25) is 0 Å². The summed E-state index contributed by atoms with van der Waals surface area (Å²) in [5, 5.41) is 23.5. The quantitative estimate of drug-likeness (QED) is 0.659. The molecule has 0 bridgehead atoms. The molecule has 3 N–H and O–H groups in total. The summed E-state index contributed by atoms with van der Waals surface area (Å²) in [5.41, 5.74) is 2.47. The van der Waals surface area contributed by atoms with Crippen molar-refractivity contribution in [1.29, 1.82) is 0 Å². The van der Waals surface area contributed by atoms with Gasteiger partial charge in [-0.15, -0.1) is 0 Å². The molecule has 0 radical (unpaired) electrons. The van der Waals surface area contributed by atoms with Crippen molar-refractivity contribution in [3.05, 3.63) is 58.1 Å². The van der Waals surface area contributed by atoms with Crippen molar-refractivity contribution in [1.82, 2.24) is 10.2 Å². The molecule has 1 aliphatic carbocycles. The Morgan fingerprint density at radius 3 is 2.66 bits per heavy atom. The summed E-state index contributed by atoms with van der Waals surface area (Å²) in [4.78, 5) is 14.9. The molecule has 1 heterocycles. The number of aromatic hydroxyl groups is 2. The Morgan fingerprint density at radius 1 is 1.07 bits per heavy atom. The Morgan fingerprint density at radius 2 is 1.86 bits per heavy atom. The maximum Gasteiger partial charge on any atom is 0.258 e. The Hall–Kier alpha value is -2.24. The zero-order chi connectivity index (χ0) is 20.4. The van der Waals surface area contributed by atoms with Crippen LogP contribution in [-0.2, 0) is 6.54 Å². The van der Waals surface area contributed by atoms with E-state index in [2.05, 4.69) is 29.6 Å². The molecule has 1 saturated carbocycles. The molecule has 2 aliphatic rings. The second kappa shape index (κ2) is 8.64. The van der Waals surface area contributed by atoms with E-state index in [1.807, 2.05) is 0 Å².